The van der Waals surface area contributed by atoms with E-state index in [-0.39, 0.29) is 0 Å². The average molecular weight is 227 g/mol. The normalized spacial score (nSPS) is 11.5. The van der Waals surface area contributed by atoms with Crippen molar-refractivity contribution in [2.24, 2.45) is 5.16 Å². The number of carbonyl (C=O) groups is 1. The molecular weight excluding hydrogens is 214 g/mol. The summed E-state index contributed by atoms with van der Waals surface area (Å²) in [7, 11) is 0. The van der Waals surface area contributed by atoms with Crippen LogP contribution in [-0.2, 0) is 9.63 Å². The lowest BCUT2D eigenvalue weighted by Crippen LogP contribution is -1.99. The molecule has 0 spiro atoms. The van der Waals surface area contributed by atoms with Gasteiger partial charge in [-0.2, -0.15) is 0 Å². The second-order valence-corrected chi connectivity index (χ2v) is 3.82. The maximum Gasteiger partial charge on any atom is 0.331 e. The quantitative estimate of drug-likeness (QED) is 0.449. The number of hydrogen-bond acceptors (Lipinski definition) is 3. The molecule has 0 amide bonds. The smallest absolute Gasteiger partial charge is 0.318 e. The molecule has 0 radical (unpaired) electrons. The highest BCUT2D eigenvalue weighted by molar-refractivity contribution is 6.01. The van der Waals surface area contributed by atoms with Gasteiger partial charge in [-0.1, -0.05) is 41.6 Å². The third-order valence-corrected chi connectivity index (χ3v) is 2.48. The molecule has 0 bridgehead atoms. The van der Waals surface area contributed by atoms with Crippen molar-refractivity contribution in [1.29, 1.82) is 0 Å². The van der Waals surface area contributed by atoms with Crippen LogP contribution in [0.25, 0.3) is 10.8 Å². The van der Waals surface area contributed by atoms with Crippen LogP contribution in [0.15, 0.2) is 47.6 Å². The number of fused-ring (bicyclic) bond motifs is 1. The summed E-state index contributed by atoms with van der Waals surface area (Å²) < 4.78 is 0. The maximum absolute atomic E-state index is 10.7. The molecule has 0 saturated heterocycles. The van der Waals surface area contributed by atoms with Crippen LogP contribution in [0.4, 0.5) is 0 Å². The summed E-state index contributed by atoms with van der Waals surface area (Å²) in [6.45, 7) is 3.14. The number of nitrogens with zero attached hydrogens (tertiary/aromatic N) is 1. The first kappa shape index (κ1) is 11.3. The van der Waals surface area contributed by atoms with Gasteiger partial charge in [-0.25, -0.2) is 4.79 Å². The van der Waals surface area contributed by atoms with Crippen molar-refractivity contribution in [3.63, 3.8) is 0 Å². The van der Waals surface area contributed by atoms with Crippen molar-refractivity contribution in [3.05, 3.63) is 48.0 Å². The summed E-state index contributed by atoms with van der Waals surface area (Å²) >= 11 is 0. The van der Waals surface area contributed by atoms with E-state index in [1.807, 2.05) is 43.3 Å². The van der Waals surface area contributed by atoms with Crippen LogP contribution in [0.3, 0.4) is 0 Å². The Hall–Kier alpha value is -2.16. The molecule has 0 N–H and O–H groups in total. The molecule has 0 atom stereocenters. The minimum absolute atomic E-state index is 0.412. The minimum atomic E-state index is -0.412. The SMILES string of the molecule is CC(=O)ON=C(C)c1ccc2ccccc2c1. The van der Waals surface area contributed by atoms with Gasteiger partial charge in [-0.05, 0) is 29.3 Å². The summed E-state index contributed by atoms with van der Waals surface area (Å²) in [5.74, 6) is -0.412. The molecular formula is C14H13NO2. The molecule has 0 aliphatic carbocycles. The maximum atomic E-state index is 10.7. The van der Waals surface area contributed by atoms with E-state index in [9.17, 15) is 4.79 Å². The highest BCUT2D eigenvalue weighted by Gasteiger charge is 2.00. The molecule has 0 saturated carbocycles. The van der Waals surface area contributed by atoms with E-state index in [4.69, 9.17) is 0 Å². The predicted octanol–water partition coefficient (Wildman–Crippen LogP) is 3.13. The Bertz CT molecular complexity index is 588. The first-order valence-electron chi connectivity index (χ1n) is 5.38. The van der Waals surface area contributed by atoms with Gasteiger partial charge in [-0.3, -0.25) is 0 Å². The Kier molecular flexibility index (Phi) is 3.19. The van der Waals surface area contributed by atoms with E-state index in [2.05, 4.69) is 16.1 Å². The van der Waals surface area contributed by atoms with Crippen molar-refractivity contribution in [3.8, 4) is 0 Å². The fraction of sp³-hybridized carbons (Fsp3) is 0.143. The molecule has 0 fully saturated rings. The summed E-state index contributed by atoms with van der Waals surface area (Å²) in [6, 6.07) is 14.1. The van der Waals surface area contributed by atoms with Gasteiger partial charge in [-0.15, -0.1) is 0 Å². The number of carbonyl (C=O) groups excluding carboxylic acids is 1. The highest BCUT2D eigenvalue weighted by atomic mass is 16.7. The van der Waals surface area contributed by atoms with Gasteiger partial charge < -0.3 is 4.84 Å². The van der Waals surface area contributed by atoms with E-state index in [1.165, 1.54) is 12.3 Å². The summed E-state index contributed by atoms with van der Waals surface area (Å²) in [6.07, 6.45) is 0. The topological polar surface area (TPSA) is 38.7 Å². The lowest BCUT2D eigenvalue weighted by atomic mass is 10.0. The van der Waals surface area contributed by atoms with E-state index < -0.39 is 5.97 Å². The second kappa shape index (κ2) is 4.78. The standard InChI is InChI=1S/C14H13NO2/c1-10(15-17-11(2)16)13-8-7-12-5-3-4-6-14(12)9-13/h3-9H,1-2H3. The molecule has 0 unspecified atom stereocenters. The Morgan fingerprint density at radius 1 is 1.06 bits per heavy atom. The number of oxime groups is 1. The Morgan fingerprint density at radius 3 is 2.47 bits per heavy atom. The van der Waals surface area contributed by atoms with Crippen LogP contribution in [0.2, 0.25) is 0 Å². The molecule has 86 valence electrons. The van der Waals surface area contributed by atoms with E-state index >= 15 is 0 Å². The molecule has 17 heavy (non-hydrogen) atoms. The van der Waals surface area contributed by atoms with E-state index in [1.54, 1.807) is 0 Å². The predicted molar refractivity (Wildman–Crippen MR) is 67.9 cm³/mol. The van der Waals surface area contributed by atoms with Gasteiger partial charge in [0.25, 0.3) is 0 Å². The molecule has 0 aliphatic rings. The third kappa shape index (κ3) is 2.69. The Labute approximate surface area is 99.7 Å². The zero-order valence-electron chi connectivity index (χ0n) is 9.81. The van der Waals surface area contributed by atoms with E-state index in [0.717, 1.165) is 10.9 Å². The van der Waals surface area contributed by atoms with Crippen LogP contribution in [0, 0.1) is 0 Å². The third-order valence-electron chi connectivity index (χ3n) is 2.48. The molecule has 0 aromatic heterocycles. The number of rotatable bonds is 2. The second-order valence-electron chi connectivity index (χ2n) is 3.82. The lowest BCUT2D eigenvalue weighted by molar-refractivity contribution is -0.140. The number of benzene rings is 2. The summed E-state index contributed by atoms with van der Waals surface area (Å²) in [4.78, 5) is 15.3. The van der Waals surface area contributed by atoms with Crippen molar-refractivity contribution in [2.45, 2.75) is 13.8 Å². The van der Waals surface area contributed by atoms with Crippen LogP contribution >= 0.6 is 0 Å². The van der Waals surface area contributed by atoms with Gasteiger partial charge in [0.05, 0.1) is 5.71 Å². The molecule has 3 nitrogen and oxygen atoms in total. The zero-order chi connectivity index (χ0) is 12.3. The highest BCUT2D eigenvalue weighted by Crippen LogP contribution is 2.16. The average Bonchev–Trinajstić information content (AvgIpc) is 2.35. The zero-order valence-corrected chi connectivity index (χ0v) is 9.81. The minimum Gasteiger partial charge on any atom is -0.318 e. The van der Waals surface area contributed by atoms with Crippen LogP contribution in [0.1, 0.15) is 19.4 Å². The summed E-state index contributed by atoms with van der Waals surface area (Å²) in [5, 5.41) is 6.09. The Balaban J connectivity index is 2.36. The first-order valence-corrected chi connectivity index (χ1v) is 5.38. The van der Waals surface area contributed by atoms with Crippen molar-refractivity contribution in [1.82, 2.24) is 0 Å². The largest absolute Gasteiger partial charge is 0.331 e. The van der Waals surface area contributed by atoms with Crippen LogP contribution < -0.4 is 0 Å². The first-order chi connectivity index (χ1) is 8.16. The fourth-order valence-corrected chi connectivity index (χ4v) is 1.60. The molecule has 3 heteroatoms. The molecule has 2 rings (SSSR count). The van der Waals surface area contributed by atoms with Crippen molar-refractivity contribution < 1.29 is 9.63 Å². The molecule has 2 aromatic rings. The van der Waals surface area contributed by atoms with Gasteiger partial charge in [0, 0.05) is 6.92 Å². The van der Waals surface area contributed by atoms with Gasteiger partial charge >= 0.3 is 5.97 Å². The van der Waals surface area contributed by atoms with Crippen LogP contribution in [-0.4, -0.2) is 11.7 Å². The van der Waals surface area contributed by atoms with Gasteiger partial charge in [0.2, 0.25) is 0 Å². The van der Waals surface area contributed by atoms with Crippen LogP contribution in [0.5, 0.6) is 0 Å². The summed E-state index contributed by atoms with van der Waals surface area (Å²) in [5.41, 5.74) is 1.64. The molecule has 0 aliphatic heterocycles. The van der Waals surface area contributed by atoms with Crippen molar-refractivity contribution >= 4 is 22.5 Å². The number of hydrogen-bond donors (Lipinski definition) is 0. The molecule has 0 heterocycles. The molecule has 2 aromatic carbocycles. The van der Waals surface area contributed by atoms with Gasteiger partial charge in [0.1, 0.15) is 0 Å². The Morgan fingerprint density at radius 2 is 1.76 bits per heavy atom. The fourth-order valence-electron chi connectivity index (χ4n) is 1.60. The lowest BCUT2D eigenvalue weighted by Gasteiger charge is -2.02. The van der Waals surface area contributed by atoms with Crippen molar-refractivity contribution in [2.75, 3.05) is 0 Å². The van der Waals surface area contributed by atoms with E-state index in [0.29, 0.717) is 5.71 Å². The van der Waals surface area contributed by atoms with Gasteiger partial charge in [0.15, 0.2) is 0 Å². The monoisotopic (exact) mass is 227 g/mol.